The van der Waals surface area contributed by atoms with Crippen LogP contribution >= 0.6 is 0 Å². The van der Waals surface area contributed by atoms with Gasteiger partial charge in [0, 0.05) is 29.4 Å². The van der Waals surface area contributed by atoms with Crippen LogP contribution in [-0.4, -0.2) is 25.0 Å². The van der Waals surface area contributed by atoms with Crippen molar-refractivity contribution in [2.45, 2.75) is 13.0 Å². The minimum Gasteiger partial charge on any atom is -0.493 e. The summed E-state index contributed by atoms with van der Waals surface area (Å²) < 4.78 is 11.0. The maximum Gasteiger partial charge on any atom is 0.251 e. The molecule has 1 aromatic heterocycles. The molecule has 2 amide bonds. The minimum atomic E-state index is -0.198. The highest BCUT2D eigenvalue weighted by Crippen LogP contribution is 2.18. The fourth-order valence-corrected chi connectivity index (χ4v) is 3.40. The van der Waals surface area contributed by atoms with Crippen molar-refractivity contribution >= 4 is 23.2 Å². The molecule has 35 heavy (non-hydrogen) atoms. The Labute approximate surface area is 204 Å². The number of carbonyl (C=O) groups excluding carboxylic acids is 2. The lowest BCUT2D eigenvalue weighted by Crippen LogP contribution is -2.23. The number of amides is 2. The second-order valence-electron chi connectivity index (χ2n) is 7.85. The zero-order valence-corrected chi connectivity index (χ0v) is 19.2. The number of benzene rings is 3. The molecule has 7 nitrogen and oxygen atoms in total. The van der Waals surface area contributed by atoms with Gasteiger partial charge in [0.25, 0.3) is 5.91 Å². The number of rotatable bonds is 11. The highest BCUT2D eigenvalue weighted by Gasteiger charge is 2.08. The summed E-state index contributed by atoms with van der Waals surface area (Å²) in [6, 6.07) is 28.0. The number of ether oxygens (including phenoxy) is 1. The molecule has 0 unspecified atom stereocenters. The molecule has 0 aliphatic carbocycles. The first-order chi connectivity index (χ1) is 17.2. The van der Waals surface area contributed by atoms with Gasteiger partial charge in [0.05, 0.1) is 26.0 Å². The average molecular weight is 470 g/mol. The fourth-order valence-electron chi connectivity index (χ4n) is 3.40. The van der Waals surface area contributed by atoms with Crippen LogP contribution in [0.5, 0.6) is 5.75 Å². The third kappa shape index (κ3) is 7.50. The van der Waals surface area contributed by atoms with Crippen LogP contribution in [0.2, 0.25) is 0 Å². The minimum absolute atomic E-state index is 0.0864. The summed E-state index contributed by atoms with van der Waals surface area (Å²) in [6.07, 6.45) is 2.38. The Morgan fingerprint density at radius 2 is 1.66 bits per heavy atom. The molecule has 0 aliphatic rings. The summed E-state index contributed by atoms with van der Waals surface area (Å²) >= 11 is 0. The van der Waals surface area contributed by atoms with E-state index in [0.717, 1.165) is 12.1 Å². The highest BCUT2D eigenvalue weighted by molar-refractivity contribution is 5.95. The fraction of sp³-hybridized carbons (Fsp3) is 0.143. The van der Waals surface area contributed by atoms with Gasteiger partial charge in [-0.1, -0.05) is 36.4 Å². The molecule has 3 aromatic carbocycles. The molecule has 1 heterocycles. The maximum absolute atomic E-state index is 12.4. The lowest BCUT2D eigenvalue weighted by molar-refractivity contribution is -0.114. The summed E-state index contributed by atoms with van der Waals surface area (Å²) in [4.78, 5) is 24.6. The number of anilines is 2. The zero-order chi connectivity index (χ0) is 24.3. The van der Waals surface area contributed by atoms with Gasteiger partial charge in [0.1, 0.15) is 11.5 Å². The van der Waals surface area contributed by atoms with Gasteiger partial charge >= 0.3 is 0 Å². The summed E-state index contributed by atoms with van der Waals surface area (Å²) in [5.74, 6) is 1.00. The monoisotopic (exact) mass is 469 g/mol. The van der Waals surface area contributed by atoms with Crippen molar-refractivity contribution in [3.05, 3.63) is 114 Å². The summed E-state index contributed by atoms with van der Waals surface area (Å²) in [5, 5.41) is 8.72. The largest absolute Gasteiger partial charge is 0.493 e. The number of furan rings is 1. The smallest absolute Gasteiger partial charge is 0.251 e. The molecule has 0 aliphatic heterocycles. The third-order valence-electron chi connectivity index (χ3n) is 5.22. The molecule has 4 aromatic rings. The van der Waals surface area contributed by atoms with E-state index in [1.807, 2.05) is 36.4 Å². The number of hydrogen-bond acceptors (Lipinski definition) is 5. The van der Waals surface area contributed by atoms with Crippen LogP contribution in [0.1, 0.15) is 21.7 Å². The van der Waals surface area contributed by atoms with E-state index in [-0.39, 0.29) is 18.4 Å². The molecule has 3 N–H and O–H groups in total. The first-order valence-electron chi connectivity index (χ1n) is 11.4. The Balaban J connectivity index is 1.20. The van der Waals surface area contributed by atoms with Crippen LogP contribution in [0.25, 0.3) is 0 Å². The van der Waals surface area contributed by atoms with Gasteiger partial charge in [0.15, 0.2) is 0 Å². The highest BCUT2D eigenvalue weighted by atomic mass is 16.5. The predicted octanol–water partition coefficient (Wildman–Crippen LogP) is 4.88. The van der Waals surface area contributed by atoms with E-state index in [2.05, 4.69) is 28.1 Å². The normalized spacial score (nSPS) is 10.4. The number of nitrogens with one attached hydrogen (secondary N) is 3. The van der Waals surface area contributed by atoms with E-state index in [4.69, 9.17) is 9.15 Å². The van der Waals surface area contributed by atoms with Crippen molar-refractivity contribution in [3.8, 4) is 5.75 Å². The average Bonchev–Trinajstić information content (AvgIpc) is 3.41. The number of carbonyl (C=O) groups is 2. The van der Waals surface area contributed by atoms with Gasteiger partial charge < -0.3 is 25.1 Å². The van der Waals surface area contributed by atoms with Gasteiger partial charge in [-0.15, -0.1) is 0 Å². The Morgan fingerprint density at radius 3 is 2.43 bits per heavy atom. The first kappa shape index (κ1) is 23.6. The molecule has 0 spiro atoms. The molecule has 0 atom stereocenters. The van der Waals surface area contributed by atoms with E-state index in [1.54, 1.807) is 48.7 Å². The van der Waals surface area contributed by atoms with Crippen molar-refractivity contribution in [1.29, 1.82) is 0 Å². The molecule has 0 fully saturated rings. The predicted molar refractivity (Wildman–Crippen MR) is 136 cm³/mol. The zero-order valence-electron chi connectivity index (χ0n) is 19.2. The second-order valence-corrected chi connectivity index (χ2v) is 7.85. The Bertz CT molecular complexity index is 1220. The van der Waals surface area contributed by atoms with Gasteiger partial charge in [-0.25, -0.2) is 0 Å². The molecule has 0 saturated heterocycles. The van der Waals surface area contributed by atoms with Gasteiger partial charge in [-0.05, 0) is 54.1 Å². The van der Waals surface area contributed by atoms with E-state index in [1.165, 1.54) is 5.56 Å². The Kier molecular flexibility index (Phi) is 8.16. The molecule has 0 saturated carbocycles. The summed E-state index contributed by atoms with van der Waals surface area (Å²) in [5.41, 5.74) is 3.14. The van der Waals surface area contributed by atoms with E-state index in [9.17, 15) is 9.59 Å². The number of hydrogen-bond donors (Lipinski definition) is 3. The summed E-state index contributed by atoms with van der Waals surface area (Å²) in [7, 11) is 0. The van der Waals surface area contributed by atoms with E-state index < -0.39 is 0 Å². The Hall–Kier alpha value is -4.52. The molecule has 0 bridgehead atoms. The first-order valence-corrected chi connectivity index (χ1v) is 11.4. The molecular weight excluding hydrogens is 442 g/mol. The van der Waals surface area contributed by atoms with Gasteiger partial charge in [-0.2, -0.15) is 0 Å². The molecule has 178 valence electrons. The van der Waals surface area contributed by atoms with E-state index >= 15 is 0 Å². The van der Waals surface area contributed by atoms with Crippen LogP contribution in [0.4, 0.5) is 11.4 Å². The maximum atomic E-state index is 12.4. The lowest BCUT2D eigenvalue weighted by Gasteiger charge is -2.11. The third-order valence-corrected chi connectivity index (χ3v) is 5.22. The molecule has 0 radical (unpaired) electrons. The van der Waals surface area contributed by atoms with Crippen LogP contribution in [0.3, 0.4) is 0 Å². The molecule has 4 rings (SSSR count). The van der Waals surface area contributed by atoms with Crippen LogP contribution < -0.4 is 20.7 Å². The van der Waals surface area contributed by atoms with Crippen molar-refractivity contribution in [2.24, 2.45) is 0 Å². The second kappa shape index (κ2) is 12.1. The SMILES string of the molecule is O=C(CNc1ccc(C(=O)NCc2ccco2)cc1)Nc1cccc(OCCc2ccccc2)c1. The topological polar surface area (TPSA) is 92.6 Å². The molecular formula is C28H27N3O4. The quantitative estimate of drug-likeness (QED) is 0.291. The van der Waals surface area contributed by atoms with Crippen molar-refractivity contribution < 1.29 is 18.7 Å². The molecule has 7 heteroatoms. The van der Waals surface area contributed by atoms with Gasteiger partial charge in [0.2, 0.25) is 5.91 Å². The Morgan fingerprint density at radius 1 is 0.829 bits per heavy atom. The van der Waals surface area contributed by atoms with Crippen LogP contribution in [0, 0.1) is 0 Å². The van der Waals surface area contributed by atoms with Crippen molar-refractivity contribution in [2.75, 3.05) is 23.8 Å². The van der Waals surface area contributed by atoms with Gasteiger partial charge in [-0.3, -0.25) is 9.59 Å². The standard InChI is InChI=1S/C28H27N3O4/c32-27(31-24-8-4-9-25(18-24)35-17-15-21-6-2-1-3-7-21)20-29-23-13-11-22(12-14-23)28(33)30-19-26-10-5-16-34-26/h1-14,16,18,29H,15,17,19-20H2,(H,30,33)(H,31,32). The lowest BCUT2D eigenvalue weighted by atomic mass is 10.2. The van der Waals surface area contributed by atoms with Crippen LogP contribution in [0.15, 0.2) is 102 Å². The summed E-state index contributed by atoms with van der Waals surface area (Å²) in [6.45, 7) is 0.967. The van der Waals surface area contributed by atoms with Crippen molar-refractivity contribution in [3.63, 3.8) is 0 Å². The van der Waals surface area contributed by atoms with E-state index in [0.29, 0.717) is 35.9 Å². The van der Waals surface area contributed by atoms with Crippen LogP contribution in [-0.2, 0) is 17.8 Å². The van der Waals surface area contributed by atoms with Crippen molar-refractivity contribution in [1.82, 2.24) is 5.32 Å².